The molecule has 36 heavy (non-hydrogen) atoms. The van der Waals surface area contributed by atoms with Gasteiger partial charge in [0.2, 0.25) is 11.8 Å². The normalized spacial score (nSPS) is 19.1. The van der Waals surface area contributed by atoms with Crippen molar-refractivity contribution in [3.05, 3.63) is 95.1 Å². The Bertz CT molecular complexity index is 1390. The molecule has 1 fully saturated rings. The standard InChI is InChI=1S/C30H28N2O4/c1-18-8-15-24-26(16-18)30(35)32(29(24)34)27-7-5-4-6-25(27)28(33)31-21-10-13-22(14-11-21)36-23-12-9-19(2)20(3)17-23/h4-14,17,24,26H,15-16H2,1-3H3,(H,31,33)/t24-,26+/m1/s1. The molecule has 3 aromatic rings. The molecule has 6 nitrogen and oxygen atoms in total. The average Bonchev–Trinajstić information content (AvgIpc) is 3.11. The number of benzene rings is 3. The largest absolute Gasteiger partial charge is 0.457 e. The lowest BCUT2D eigenvalue weighted by molar-refractivity contribution is -0.122. The van der Waals surface area contributed by atoms with Gasteiger partial charge in [0.05, 0.1) is 23.1 Å². The fourth-order valence-corrected chi connectivity index (χ4v) is 4.85. The molecule has 1 N–H and O–H groups in total. The van der Waals surface area contributed by atoms with Crippen LogP contribution < -0.4 is 15.0 Å². The lowest BCUT2D eigenvalue weighted by Crippen LogP contribution is -2.33. The highest BCUT2D eigenvalue weighted by Crippen LogP contribution is 2.40. The predicted molar refractivity (Wildman–Crippen MR) is 139 cm³/mol. The number of ether oxygens (including phenoxy) is 1. The summed E-state index contributed by atoms with van der Waals surface area (Å²) in [5, 5.41) is 2.88. The van der Waals surface area contributed by atoms with Crippen LogP contribution in [0.5, 0.6) is 11.5 Å². The van der Waals surface area contributed by atoms with Gasteiger partial charge >= 0.3 is 0 Å². The first kappa shape index (κ1) is 23.5. The highest BCUT2D eigenvalue weighted by molar-refractivity contribution is 6.25. The molecule has 1 aliphatic carbocycles. The number of hydrogen-bond donors (Lipinski definition) is 1. The van der Waals surface area contributed by atoms with Crippen LogP contribution in [-0.2, 0) is 9.59 Å². The highest BCUT2D eigenvalue weighted by Gasteiger charge is 2.49. The molecule has 0 saturated carbocycles. The Balaban J connectivity index is 1.32. The van der Waals surface area contributed by atoms with E-state index in [1.54, 1.807) is 48.5 Å². The minimum Gasteiger partial charge on any atom is -0.457 e. The van der Waals surface area contributed by atoms with Crippen LogP contribution in [0.1, 0.15) is 41.3 Å². The number of anilines is 2. The summed E-state index contributed by atoms with van der Waals surface area (Å²) in [6, 6.07) is 19.7. The molecule has 0 bridgehead atoms. The zero-order valence-corrected chi connectivity index (χ0v) is 20.6. The van der Waals surface area contributed by atoms with E-state index in [2.05, 4.69) is 12.2 Å². The summed E-state index contributed by atoms with van der Waals surface area (Å²) in [6.45, 7) is 6.07. The summed E-state index contributed by atoms with van der Waals surface area (Å²) < 4.78 is 5.92. The van der Waals surface area contributed by atoms with Gasteiger partial charge in [-0.25, -0.2) is 4.90 Å². The van der Waals surface area contributed by atoms with Crippen molar-refractivity contribution in [3.8, 4) is 11.5 Å². The van der Waals surface area contributed by atoms with E-state index in [-0.39, 0.29) is 29.2 Å². The van der Waals surface area contributed by atoms with Gasteiger partial charge in [0, 0.05) is 5.69 Å². The topological polar surface area (TPSA) is 75.7 Å². The molecular formula is C30H28N2O4. The molecule has 0 aromatic heterocycles. The Morgan fingerprint density at radius 3 is 2.31 bits per heavy atom. The van der Waals surface area contributed by atoms with Crippen molar-refractivity contribution in [2.45, 2.75) is 33.6 Å². The number of aryl methyl sites for hydroxylation is 2. The third kappa shape index (κ3) is 4.42. The van der Waals surface area contributed by atoms with Crippen LogP contribution in [0.4, 0.5) is 11.4 Å². The van der Waals surface area contributed by atoms with Gasteiger partial charge in [0.1, 0.15) is 11.5 Å². The Morgan fingerprint density at radius 1 is 0.861 bits per heavy atom. The number of rotatable bonds is 5. The van der Waals surface area contributed by atoms with E-state index >= 15 is 0 Å². The molecule has 1 heterocycles. The fourth-order valence-electron chi connectivity index (χ4n) is 4.85. The molecule has 2 atom stereocenters. The number of para-hydroxylation sites is 1. The smallest absolute Gasteiger partial charge is 0.257 e. The second-order valence-electron chi connectivity index (χ2n) is 9.56. The van der Waals surface area contributed by atoms with E-state index in [4.69, 9.17) is 4.74 Å². The lowest BCUT2D eigenvalue weighted by Gasteiger charge is -2.19. The van der Waals surface area contributed by atoms with Crippen molar-refractivity contribution >= 4 is 29.1 Å². The molecule has 182 valence electrons. The van der Waals surface area contributed by atoms with Gasteiger partial charge in [-0.05, 0) is 93.3 Å². The number of carbonyl (C=O) groups is 3. The zero-order chi connectivity index (χ0) is 25.4. The van der Waals surface area contributed by atoms with E-state index < -0.39 is 5.91 Å². The van der Waals surface area contributed by atoms with Crippen LogP contribution in [0.15, 0.2) is 78.4 Å². The van der Waals surface area contributed by atoms with Gasteiger partial charge < -0.3 is 10.1 Å². The van der Waals surface area contributed by atoms with Crippen LogP contribution in [0, 0.1) is 25.7 Å². The fraction of sp³-hybridized carbons (Fsp3) is 0.233. The quantitative estimate of drug-likeness (QED) is 0.349. The molecule has 0 unspecified atom stereocenters. The second kappa shape index (κ2) is 9.46. The third-order valence-electron chi connectivity index (χ3n) is 7.04. The SMILES string of the molecule is CC1=CC[C@H]2C(=O)N(c3ccccc3C(=O)Nc3ccc(Oc4ccc(C)c(C)c4)cc3)C(=O)[C@H]2C1. The third-order valence-corrected chi connectivity index (χ3v) is 7.04. The van der Waals surface area contributed by atoms with E-state index in [9.17, 15) is 14.4 Å². The van der Waals surface area contributed by atoms with Gasteiger partial charge in [-0.1, -0.05) is 29.8 Å². The monoisotopic (exact) mass is 480 g/mol. The van der Waals surface area contributed by atoms with E-state index in [0.717, 1.165) is 16.9 Å². The van der Waals surface area contributed by atoms with Crippen molar-refractivity contribution in [1.29, 1.82) is 0 Å². The van der Waals surface area contributed by atoms with Crippen molar-refractivity contribution in [1.82, 2.24) is 0 Å². The summed E-state index contributed by atoms with van der Waals surface area (Å²) in [5.41, 5.74) is 4.65. The highest BCUT2D eigenvalue weighted by atomic mass is 16.5. The van der Waals surface area contributed by atoms with Crippen LogP contribution in [0.2, 0.25) is 0 Å². The van der Waals surface area contributed by atoms with Gasteiger partial charge in [0.15, 0.2) is 0 Å². The van der Waals surface area contributed by atoms with E-state index in [1.165, 1.54) is 10.5 Å². The number of imide groups is 1. The summed E-state index contributed by atoms with van der Waals surface area (Å²) in [6.07, 6.45) is 3.17. The Kier molecular flexibility index (Phi) is 6.18. The number of hydrogen-bond acceptors (Lipinski definition) is 4. The Hall–Kier alpha value is -4.19. The number of carbonyl (C=O) groups excluding carboxylic acids is 3. The van der Waals surface area contributed by atoms with Gasteiger partial charge in [-0.3, -0.25) is 14.4 Å². The summed E-state index contributed by atoms with van der Waals surface area (Å²) >= 11 is 0. The molecule has 3 aromatic carbocycles. The van der Waals surface area contributed by atoms with E-state index in [0.29, 0.717) is 30.0 Å². The van der Waals surface area contributed by atoms with Gasteiger partial charge in [0.25, 0.3) is 5.91 Å². The second-order valence-corrected chi connectivity index (χ2v) is 9.56. The van der Waals surface area contributed by atoms with Crippen LogP contribution in [-0.4, -0.2) is 17.7 Å². The maximum atomic E-state index is 13.2. The molecule has 0 radical (unpaired) electrons. The number of allylic oxidation sites excluding steroid dienone is 2. The van der Waals surface area contributed by atoms with Gasteiger partial charge in [-0.2, -0.15) is 0 Å². The molecule has 5 rings (SSSR count). The minimum absolute atomic E-state index is 0.231. The molecule has 6 heteroatoms. The number of fused-ring (bicyclic) bond motifs is 1. The molecule has 3 amide bonds. The molecule has 2 aliphatic rings. The number of nitrogens with zero attached hydrogens (tertiary/aromatic N) is 1. The number of amides is 3. The zero-order valence-electron chi connectivity index (χ0n) is 20.6. The average molecular weight is 481 g/mol. The summed E-state index contributed by atoms with van der Waals surface area (Å²) in [5.74, 6) is -0.178. The van der Waals surface area contributed by atoms with Crippen LogP contribution in [0.3, 0.4) is 0 Å². The van der Waals surface area contributed by atoms with Crippen molar-refractivity contribution in [2.75, 3.05) is 10.2 Å². The van der Waals surface area contributed by atoms with Crippen LogP contribution >= 0.6 is 0 Å². The molecule has 0 spiro atoms. The Labute approximate surface area is 210 Å². The van der Waals surface area contributed by atoms with Crippen molar-refractivity contribution < 1.29 is 19.1 Å². The first-order valence-electron chi connectivity index (χ1n) is 12.1. The minimum atomic E-state index is -0.391. The Morgan fingerprint density at radius 2 is 1.56 bits per heavy atom. The van der Waals surface area contributed by atoms with Gasteiger partial charge in [-0.15, -0.1) is 0 Å². The van der Waals surface area contributed by atoms with Crippen molar-refractivity contribution in [2.24, 2.45) is 11.8 Å². The van der Waals surface area contributed by atoms with E-state index in [1.807, 2.05) is 38.1 Å². The molecule has 1 saturated heterocycles. The molecular weight excluding hydrogens is 452 g/mol. The van der Waals surface area contributed by atoms with Crippen molar-refractivity contribution in [3.63, 3.8) is 0 Å². The predicted octanol–water partition coefficient (Wildman–Crippen LogP) is 6.19. The molecule has 1 aliphatic heterocycles. The van der Waals surface area contributed by atoms with Crippen LogP contribution in [0.25, 0.3) is 0 Å². The maximum Gasteiger partial charge on any atom is 0.257 e. The summed E-state index contributed by atoms with van der Waals surface area (Å²) in [7, 11) is 0. The maximum absolute atomic E-state index is 13.2. The first-order chi connectivity index (χ1) is 17.3. The summed E-state index contributed by atoms with van der Waals surface area (Å²) in [4.78, 5) is 40.8. The number of nitrogens with one attached hydrogen (secondary N) is 1. The lowest BCUT2D eigenvalue weighted by atomic mass is 9.82. The first-order valence-corrected chi connectivity index (χ1v) is 12.1.